The third-order valence-electron chi connectivity index (χ3n) is 3.69. The molecule has 1 heterocycles. The van der Waals surface area contributed by atoms with Crippen molar-refractivity contribution < 1.29 is 26.9 Å². The van der Waals surface area contributed by atoms with Crippen LogP contribution in [0.1, 0.15) is 22.8 Å². The largest absolute Gasteiger partial charge is 0.460 e. The zero-order valence-electron chi connectivity index (χ0n) is 13.3. The maximum Gasteiger partial charge on any atom is 0.416 e. The van der Waals surface area contributed by atoms with Crippen molar-refractivity contribution in [2.45, 2.75) is 18.0 Å². The van der Waals surface area contributed by atoms with E-state index in [2.05, 4.69) is 0 Å². The fourth-order valence-corrected chi connectivity index (χ4v) is 3.15. The molecule has 0 bridgehead atoms. The van der Waals surface area contributed by atoms with Gasteiger partial charge in [0.25, 0.3) is 0 Å². The lowest BCUT2D eigenvalue weighted by molar-refractivity contribution is -0.139. The quantitative estimate of drug-likeness (QED) is 0.781. The Bertz CT molecular complexity index is 837. The Balaban J connectivity index is 1.72. The Morgan fingerprint density at radius 3 is 2.42 bits per heavy atom. The number of nitrogens with two attached hydrogens (primary N) is 1. The van der Waals surface area contributed by atoms with Crippen molar-refractivity contribution in [2.24, 2.45) is 5.73 Å². The summed E-state index contributed by atoms with van der Waals surface area (Å²) in [5.41, 5.74) is 5.38. The number of carbonyl (C=O) groups excluding carboxylic acids is 1. The molecule has 136 valence electrons. The average molecular weight is 381 g/mol. The molecule has 8 heteroatoms. The van der Waals surface area contributed by atoms with Gasteiger partial charge in [0.2, 0.25) is 17.4 Å². The Morgan fingerprint density at radius 2 is 1.73 bits per heavy atom. The van der Waals surface area contributed by atoms with Gasteiger partial charge in [-0.15, -0.1) is 0 Å². The number of hydrogen-bond donors (Lipinski definition) is 1. The second-order valence-electron chi connectivity index (χ2n) is 5.47. The average Bonchev–Trinajstić information content (AvgIpc) is 2.90. The second-order valence-corrected chi connectivity index (χ2v) is 6.16. The van der Waals surface area contributed by atoms with Crippen LogP contribution in [-0.4, -0.2) is 5.78 Å². The van der Waals surface area contributed by atoms with E-state index in [0.717, 1.165) is 23.7 Å². The van der Waals surface area contributed by atoms with Gasteiger partial charge in [0.1, 0.15) is 0 Å². The number of halogens is 3. The summed E-state index contributed by atoms with van der Waals surface area (Å²) < 4.78 is 50.0. The molecule has 0 saturated carbocycles. The van der Waals surface area contributed by atoms with E-state index in [1.54, 1.807) is 0 Å². The minimum absolute atomic E-state index is 0.270. The summed E-state index contributed by atoms with van der Waals surface area (Å²) in [6.07, 6.45) is -6.08. The highest BCUT2D eigenvalue weighted by atomic mass is 32.2. The van der Waals surface area contributed by atoms with Crippen LogP contribution in [0, 0.1) is 0 Å². The number of carbonyl (C=O) groups is 1. The van der Waals surface area contributed by atoms with E-state index >= 15 is 0 Å². The van der Waals surface area contributed by atoms with Gasteiger partial charge in [0, 0.05) is 5.56 Å². The number of ketones is 1. The van der Waals surface area contributed by atoms with E-state index in [4.69, 9.17) is 14.7 Å². The topological polar surface area (TPSA) is 61.5 Å². The molecule has 1 aliphatic heterocycles. The number of hydrogen-bond acceptors (Lipinski definition) is 5. The van der Waals surface area contributed by atoms with Crippen molar-refractivity contribution in [1.82, 2.24) is 0 Å². The minimum atomic E-state index is -4.61. The molecule has 2 aromatic carbocycles. The first-order valence-electron chi connectivity index (χ1n) is 7.58. The van der Waals surface area contributed by atoms with Crippen LogP contribution in [0.2, 0.25) is 0 Å². The number of Topliss-reactive ketones (excluding diaryl/α,β-unsaturated/α-hetero) is 1. The van der Waals surface area contributed by atoms with E-state index in [-0.39, 0.29) is 17.2 Å². The molecular weight excluding hydrogens is 367 g/mol. The molecule has 2 aromatic rings. The predicted molar refractivity (Wildman–Crippen MR) is 90.3 cm³/mol. The zero-order valence-corrected chi connectivity index (χ0v) is 14.1. The van der Waals surface area contributed by atoms with E-state index in [1.807, 2.05) is 30.3 Å². The van der Waals surface area contributed by atoms with Crippen molar-refractivity contribution >= 4 is 17.8 Å². The molecule has 0 spiro atoms. The molecule has 3 rings (SSSR count). The van der Waals surface area contributed by atoms with Gasteiger partial charge in [-0.2, -0.15) is 13.2 Å². The van der Waals surface area contributed by atoms with E-state index in [9.17, 15) is 18.0 Å². The van der Waals surface area contributed by atoms with Gasteiger partial charge in [-0.1, -0.05) is 48.5 Å². The van der Waals surface area contributed by atoms with Gasteiger partial charge >= 0.3 is 6.18 Å². The Morgan fingerprint density at radius 1 is 1.08 bits per heavy atom. The standard InChI is InChI=1S/C18H14F3NO3S/c19-18(20,21)13-9-5-4-8-12(13)15-14(23)16(17(22)24-15)25-26-10-11-6-2-1-3-7-11/h1-9,15H,10,22H2. The van der Waals surface area contributed by atoms with Crippen molar-refractivity contribution in [3.8, 4) is 0 Å². The second kappa shape index (κ2) is 7.33. The molecule has 0 aromatic heterocycles. The summed E-state index contributed by atoms with van der Waals surface area (Å²) in [7, 11) is 0. The monoisotopic (exact) mass is 381 g/mol. The SMILES string of the molecule is NC1=C(OSCc2ccccc2)C(=O)C(c2ccccc2C(F)(F)F)O1. The molecule has 0 radical (unpaired) electrons. The highest BCUT2D eigenvalue weighted by Crippen LogP contribution is 2.40. The molecule has 0 saturated heterocycles. The van der Waals surface area contributed by atoms with Crippen LogP contribution in [0.3, 0.4) is 0 Å². The highest BCUT2D eigenvalue weighted by molar-refractivity contribution is 7.94. The van der Waals surface area contributed by atoms with Crippen molar-refractivity contribution in [2.75, 3.05) is 0 Å². The van der Waals surface area contributed by atoms with Crippen molar-refractivity contribution in [1.29, 1.82) is 0 Å². The van der Waals surface area contributed by atoms with Gasteiger partial charge in [0.15, 0.2) is 6.10 Å². The van der Waals surface area contributed by atoms with E-state index < -0.39 is 23.6 Å². The van der Waals surface area contributed by atoms with Crippen molar-refractivity contribution in [3.05, 3.63) is 82.9 Å². The minimum Gasteiger partial charge on any atom is -0.460 e. The van der Waals surface area contributed by atoms with Gasteiger partial charge in [0.05, 0.1) is 23.4 Å². The number of alkyl halides is 3. The summed E-state index contributed by atoms with van der Waals surface area (Å²) in [5.74, 6) is -0.889. The van der Waals surface area contributed by atoms with Gasteiger partial charge in [-0.25, -0.2) is 0 Å². The number of benzene rings is 2. The molecule has 2 N–H and O–H groups in total. The zero-order chi connectivity index (χ0) is 18.7. The summed E-state index contributed by atoms with van der Waals surface area (Å²) in [4.78, 5) is 12.5. The summed E-state index contributed by atoms with van der Waals surface area (Å²) in [6, 6.07) is 14.1. The molecule has 26 heavy (non-hydrogen) atoms. The smallest absolute Gasteiger partial charge is 0.416 e. The number of ether oxygens (including phenoxy) is 1. The fourth-order valence-electron chi connectivity index (χ4n) is 2.48. The van der Waals surface area contributed by atoms with Crippen LogP contribution in [0.4, 0.5) is 13.2 Å². The lowest BCUT2D eigenvalue weighted by Gasteiger charge is -2.16. The third kappa shape index (κ3) is 3.80. The van der Waals surface area contributed by atoms with Crippen LogP contribution >= 0.6 is 12.0 Å². The maximum absolute atomic E-state index is 13.2. The first kappa shape index (κ1) is 18.2. The molecule has 1 unspecified atom stereocenters. The molecule has 1 aliphatic rings. The fraction of sp³-hybridized carbons (Fsp3) is 0.167. The number of rotatable bonds is 5. The lowest BCUT2D eigenvalue weighted by Crippen LogP contribution is -2.17. The molecular formula is C18H14F3NO3S. The van der Waals surface area contributed by atoms with Crippen LogP contribution in [-0.2, 0) is 25.6 Å². The first-order chi connectivity index (χ1) is 12.4. The van der Waals surface area contributed by atoms with Crippen LogP contribution in [0.5, 0.6) is 0 Å². The van der Waals surface area contributed by atoms with Gasteiger partial charge in [-0.3, -0.25) is 4.79 Å². The van der Waals surface area contributed by atoms with Crippen LogP contribution in [0.25, 0.3) is 0 Å². The summed E-state index contributed by atoms with van der Waals surface area (Å²) in [6.45, 7) is 0. The summed E-state index contributed by atoms with van der Waals surface area (Å²) >= 11 is 0.957. The lowest BCUT2D eigenvalue weighted by atomic mass is 9.99. The Labute approximate surface area is 152 Å². The Kier molecular flexibility index (Phi) is 5.13. The van der Waals surface area contributed by atoms with Crippen LogP contribution in [0.15, 0.2) is 66.2 Å². The molecule has 0 amide bonds. The first-order valence-corrected chi connectivity index (χ1v) is 8.49. The molecule has 0 aliphatic carbocycles. The van der Waals surface area contributed by atoms with E-state index in [1.165, 1.54) is 18.2 Å². The predicted octanol–water partition coefficient (Wildman–Crippen LogP) is 4.34. The Hall–Kier alpha value is -2.61. The molecule has 1 atom stereocenters. The van der Waals surface area contributed by atoms with E-state index in [0.29, 0.717) is 5.75 Å². The van der Waals surface area contributed by atoms with Crippen LogP contribution < -0.4 is 5.73 Å². The molecule has 0 fully saturated rings. The normalized spacial score (nSPS) is 17.3. The highest BCUT2D eigenvalue weighted by Gasteiger charge is 2.43. The maximum atomic E-state index is 13.2. The summed E-state index contributed by atoms with van der Waals surface area (Å²) in [5, 5.41) is 0. The van der Waals surface area contributed by atoms with Gasteiger partial charge in [-0.05, 0) is 11.6 Å². The van der Waals surface area contributed by atoms with Crippen molar-refractivity contribution in [3.63, 3.8) is 0 Å². The molecule has 4 nitrogen and oxygen atoms in total. The van der Waals surface area contributed by atoms with Gasteiger partial charge < -0.3 is 14.7 Å². The third-order valence-corrected chi connectivity index (χ3v) is 4.43.